The molecule has 1 aromatic rings. The molecule has 118 valence electrons. The monoisotopic (exact) mass is 311 g/mol. The van der Waals surface area contributed by atoms with Crippen LogP contribution >= 0.6 is 11.3 Å². The number of guanidine groups is 1. The molecule has 0 aromatic carbocycles. The third-order valence-corrected chi connectivity index (χ3v) is 4.25. The van der Waals surface area contributed by atoms with E-state index in [4.69, 9.17) is 0 Å². The number of carbonyl (C=O) groups excluding carboxylic acids is 1. The second-order valence-electron chi connectivity index (χ2n) is 5.31. The fourth-order valence-corrected chi connectivity index (χ4v) is 2.59. The molecule has 6 heteroatoms. The van der Waals surface area contributed by atoms with Crippen molar-refractivity contribution in [2.45, 2.75) is 32.6 Å². The quantitative estimate of drug-likeness (QED) is 0.460. The molecular formula is C15H25N3O2S. The van der Waals surface area contributed by atoms with Gasteiger partial charge in [0.15, 0.2) is 5.96 Å². The Morgan fingerprint density at radius 2 is 2.19 bits per heavy atom. The summed E-state index contributed by atoms with van der Waals surface area (Å²) in [4.78, 5) is 17.0. The molecule has 2 N–H and O–H groups in total. The van der Waals surface area contributed by atoms with Crippen LogP contribution in [0.5, 0.6) is 0 Å². The zero-order valence-corrected chi connectivity index (χ0v) is 14.0. The van der Waals surface area contributed by atoms with E-state index in [1.807, 2.05) is 6.92 Å². The summed E-state index contributed by atoms with van der Waals surface area (Å²) in [5, 5.41) is 8.41. The predicted molar refractivity (Wildman–Crippen MR) is 88.0 cm³/mol. The van der Waals surface area contributed by atoms with Crippen LogP contribution in [-0.2, 0) is 14.9 Å². The summed E-state index contributed by atoms with van der Waals surface area (Å²) >= 11 is 1.75. The van der Waals surface area contributed by atoms with Gasteiger partial charge in [-0.1, -0.05) is 19.9 Å². The van der Waals surface area contributed by atoms with Crippen LogP contribution < -0.4 is 10.6 Å². The molecule has 1 heterocycles. The smallest absolute Gasteiger partial charge is 0.307 e. The fourth-order valence-electron chi connectivity index (χ4n) is 1.75. The zero-order valence-electron chi connectivity index (χ0n) is 13.2. The van der Waals surface area contributed by atoms with Gasteiger partial charge in [-0.2, -0.15) is 0 Å². The molecule has 0 amide bonds. The van der Waals surface area contributed by atoms with Crippen molar-refractivity contribution >= 4 is 23.3 Å². The first kappa shape index (κ1) is 17.5. The Labute approximate surface area is 130 Å². The lowest BCUT2D eigenvalue weighted by molar-refractivity contribution is -0.140. The van der Waals surface area contributed by atoms with Crippen LogP contribution in [0, 0.1) is 0 Å². The molecule has 0 aliphatic heterocycles. The standard InChI is InChI=1S/C15H25N3O2S/c1-5-16-14(17-9-8-13(19)20-4)18-11-15(2,3)12-7-6-10-21-12/h6-7,10H,5,8-9,11H2,1-4H3,(H2,16,17,18). The molecule has 0 aliphatic rings. The summed E-state index contributed by atoms with van der Waals surface area (Å²) in [6.45, 7) is 8.35. The highest BCUT2D eigenvalue weighted by molar-refractivity contribution is 7.10. The normalized spacial score (nSPS) is 12.1. The van der Waals surface area contributed by atoms with Gasteiger partial charge in [0.2, 0.25) is 0 Å². The predicted octanol–water partition coefficient (Wildman–Crippen LogP) is 2.14. The number of ether oxygens (including phenoxy) is 1. The van der Waals surface area contributed by atoms with Gasteiger partial charge in [-0.25, -0.2) is 0 Å². The molecule has 0 spiro atoms. The van der Waals surface area contributed by atoms with Crippen LogP contribution in [0.3, 0.4) is 0 Å². The van der Waals surface area contributed by atoms with Crippen molar-refractivity contribution in [2.24, 2.45) is 4.99 Å². The number of carbonyl (C=O) groups is 1. The maximum atomic E-state index is 11.1. The summed E-state index contributed by atoms with van der Waals surface area (Å²) in [5.41, 5.74) is -0.00112. The minimum Gasteiger partial charge on any atom is -0.469 e. The van der Waals surface area contributed by atoms with Crippen molar-refractivity contribution in [3.8, 4) is 0 Å². The molecule has 0 aliphatic carbocycles. The van der Waals surface area contributed by atoms with Crippen molar-refractivity contribution in [1.29, 1.82) is 0 Å². The Bertz CT molecular complexity index is 455. The molecule has 1 aromatic heterocycles. The van der Waals surface area contributed by atoms with E-state index >= 15 is 0 Å². The van der Waals surface area contributed by atoms with E-state index in [2.05, 4.69) is 51.7 Å². The van der Waals surface area contributed by atoms with E-state index in [-0.39, 0.29) is 11.4 Å². The fraction of sp³-hybridized carbons (Fsp3) is 0.600. The molecule has 5 nitrogen and oxygen atoms in total. The van der Waals surface area contributed by atoms with E-state index < -0.39 is 0 Å². The van der Waals surface area contributed by atoms with Gasteiger partial charge < -0.3 is 15.4 Å². The highest BCUT2D eigenvalue weighted by atomic mass is 32.1. The number of hydrogen-bond acceptors (Lipinski definition) is 4. The van der Waals surface area contributed by atoms with Crippen LogP contribution in [0.25, 0.3) is 0 Å². The van der Waals surface area contributed by atoms with E-state index in [1.54, 1.807) is 11.3 Å². The van der Waals surface area contributed by atoms with Gasteiger partial charge in [-0.3, -0.25) is 9.79 Å². The Morgan fingerprint density at radius 1 is 1.43 bits per heavy atom. The molecule has 0 atom stereocenters. The van der Waals surface area contributed by atoms with Gasteiger partial charge in [0.25, 0.3) is 0 Å². The first-order valence-corrected chi connectivity index (χ1v) is 8.00. The topological polar surface area (TPSA) is 62.7 Å². The number of nitrogens with one attached hydrogen (secondary N) is 2. The van der Waals surface area contributed by atoms with Crippen LogP contribution in [0.1, 0.15) is 32.1 Å². The van der Waals surface area contributed by atoms with E-state index in [1.165, 1.54) is 12.0 Å². The maximum absolute atomic E-state index is 11.1. The lowest BCUT2D eigenvalue weighted by atomic mass is 9.92. The van der Waals surface area contributed by atoms with Crippen molar-refractivity contribution in [3.05, 3.63) is 22.4 Å². The number of esters is 1. The number of rotatable bonds is 7. The van der Waals surface area contributed by atoms with Crippen LogP contribution in [0.15, 0.2) is 22.5 Å². The van der Waals surface area contributed by atoms with Gasteiger partial charge in [0, 0.05) is 23.4 Å². The van der Waals surface area contributed by atoms with Crippen LogP contribution in [0.4, 0.5) is 0 Å². The second kappa shape index (κ2) is 8.67. The Kier molecular flexibility index (Phi) is 7.22. The van der Waals surface area contributed by atoms with Gasteiger partial charge in [0.05, 0.1) is 20.1 Å². The Balaban J connectivity index is 2.56. The van der Waals surface area contributed by atoms with Crippen molar-refractivity contribution in [2.75, 3.05) is 26.7 Å². The Morgan fingerprint density at radius 3 is 2.76 bits per heavy atom. The minimum atomic E-state index is -0.225. The maximum Gasteiger partial charge on any atom is 0.307 e. The Hall–Kier alpha value is -1.56. The number of hydrogen-bond donors (Lipinski definition) is 2. The van der Waals surface area contributed by atoms with Gasteiger partial charge >= 0.3 is 5.97 Å². The van der Waals surface area contributed by atoms with E-state index in [9.17, 15) is 4.79 Å². The summed E-state index contributed by atoms with van der Waals surface area (Å²) < 4.78 is 4.62. The van der Waals surface area contributed by atoms with Crippen molar-refractivity contribution < 1.29 is 9.53 Å². The third-order valence-electron chi connectivity index (χ3n) is 3.01. The molecule has 0 bridgehead atoms. The molecule has 0 saturated carbocycles. The highest BCUT2D eigenvalue weighted by Gasteiger charge is 2.21. The first-order valence-electron chi connectivity index (χ1n) is 7.12. The highest BCUT2D eigenvalue weighted by Crippen LogP contribution is 2.27. The molecular weight excluding hydrogens is 286 g/mol. The van der Waals surface area contributed by atoms with Gasteiger partial charge in [0.1, 0.15) is 0 Å². The molecule has 0 unspecified atom stereocenters. The molecule has 1 rings (SSSR count). The lowest BCUT2D eigenvalue weighted by Crippen LogP contribution is -2.39. The van der Waals surface area contributed by atoms with Gasteiger partial charge in [-0.05, 0) is 18.4 Å². The average Bonchev–Trinajstić information content (AvgIpc) is 2.99. The van der Waals surface area contributed by atoms with E-state index in [0.717, 1.165) is 12.5 Å². The minimum absolute atomic E-state index is 0.00112. The number of methoxy groups -OCH3 is 1. The van der Waals surface area contributed by atoms with E-state index in [0.29, 0.717) is 19.5 Å². The van der Waals surface area contributed by atoms with Crippen LogP contribution in [-0.4, -0.2) is 38.7 Å². The number of aliphatic imine (C=N–C) groups is 1. The zero-order chi connectivity index (χ0) is 15.7. The number of thiophene rings is 1. The van der Waals surface area contributed by atoms with Gasteiger partial charge in [-0.15, -0.1) is 11.3 Å². The molecule has 21 heavy (non-hydrogen) atoms. The summed E-state index contributed by atoms with van der Waals surface area (Å²) in [6, 6.07) is 4.20. The molecule has 0 fully saturated rings. The van der Waals surface area contributed by atoms with Crippen molar-refractivity contribution in [1.82, 2.24) is 10.6 Å². The number of nitrogens with zero attached hydrogens (tertiary/aromatic N) is 1. The lowest BCUT2D eigenvalue weighted by Gasteiger charge is -2.21. The van der Waals surface area contributed by atoms with Crippen LogP contribution in [0.2, 0.25) is 0 Å². The summed E-state index contributed by atoms with van der Waals surface area (Å²) in [5.74, 6) is 0.503. The third kappa shape index (κ3) is 6.16. The summed E-state index contributed by atoms with van der Waals surface area (Å²) in [6.07, 6.45) is 0.329. The SMILES string of the molecule is CCNC(=NCC(C)(C)c1cccs1)NCCC(=O)OC. The average molecular weight is 311 g/mol. The molecule has 0 radical (unpaired) electrons. The molecule has 0 saturated heterocycles. The second-order valence-corrected chi connectivity index (χ2v) is 6.26. The van der Waals surface area contributed by atoms with Crippen molar-refractivity contribution in [3.63, 3.8) is 0 Å². The summed E-state index contributed by atoms with van der Waals surface area (Å²) in [7, 11) is 1.39. The first-order chi connectivity index (χ1) is 9.99. The largest absolute Gasteiger partial charge is 0.469 e.